The molecule has 0 aliphatic rings. The fraction of sp³-hybridized carbons (Fsp3) is 0.0667. The van der Waals surface area contributed by atoms with Gasteiger partial charge in [-0.3, -0.25) is 0 Å². The van der Waals surface area contributed by atoms with E-state index in [1.807, 2.05) is 6.07 Å². The lowest BCUT2D eigenvalue weighted by atomic mass is 10.1. The van der Waals surface area contributed by atoms with Gasteiger partial charge in [0.15, 0.2) is 0 Å². The van der Waals surface area contributed by atoms with Crippen LogP contribution in [0.3, 0.4) is 0 Å². The molecule has 0 radical (unpaired) electrons. The maximum atomic E-state index is 13.2. The van der Waals surface area contributed by atoms with E-state index in [0.717, 1.165) is 6.07 Å². The zero-order valence-corrected chi connectivity index (χ0v) is 10.5. The van der Waals surface area contributed by atoms with Crippen molar-refractivity contribution in [2.24, 2.45) is 0 Å². The van der Waals surface area contributed by atoms with Crippen LogP contribution < -0.4 is 5.73 Å². The van der Waals surface area contributed by atoms with Gasteiger partial charge in [0.25, 0.3) is 0 Å². The minimum absolute atomic E-state index is 0.125. The van der Waals surface area contributed by atoms with Gasteiger partial charge in [0.1, 0.15) is 12.4 Å². The summed E-state index contributed by atoms with van der Waals surface area (Å²) < 4.78 is 18.3. The fourth-order valence-corrected chi connectivity index (χ4v) is 1.71. The quantitative estimate of drug-likeness (QED) is 0.687. The third kappa shape index (κ3) is 3.12. The first-order chi connectivity index (χ1) is 9.60. The molecule has 0 aromatic heterocycles. The predicted octanol–water partition coefficient (Wildman–Crippen LogP) is 2.64. The zero-order chi connectivity index (χ0) is 14.5. The Morgan fingerprint density at radius 2 is 2.05 bits per heavy atom. The number of carbonyl (C=O) groups excluding carboxylic acids is 1. The van der Waals surface area contributed by atoms with Crippen molar-refractivity contribution in [3.8, 4) is 6.07 Å². The Balaban J connectivity index is 2.10. The van der Waals surface area contributed by atoms with Crippen LogP contribution in [-0.4, -0.2) is 5.97 Å². The van der Waals surface area contributed by atoms with Crippen molar-refractivity contribution in [3.05, 3.63) is 65.0 Å². The highest BCUT2D eigenvalue weighted by atomic mass is 19.1. The van der Waals surface area contributed by atoms with Crippen LogP contribution in [-0.2, 0) is 11.3 Å². The number of anilines is 1. The molecule has 0 amide bonds. The van der Waals surface area contributed by atoms with Crippen LogP contribution in [0.4, 0.5) is 10.1 Å². The Labute approximate surface area is 115 Å². The number of ether oxygens (including phenoxy) is 1. The molecule has 0 atom stereocenters. The Morgan fingerprint density at radius 1 is 1.30 bits per heavy atom. The SMILES string of the molecule is N#Cc1cc(F)cc(COC(=O)c2ccccc2N)c1. The number of nitriles is 1. The molecule has 0 spiro atoms. The van der Waals surface area contributed by atoms with Crippen molar-refractivity contribution >= 4 is 11.7 Å². The summed E-state index contributed by atoms with van der Waals surface area (Å²) in [4.78, 5) is 11.8. The lowest BCUT2D eigenvalue weighted by molar-refractivity contribution is 0.0473. The summed E-state index contributed by atoms with van der Waals surface area (Å²) in [5.74, 6) is -1.14. The molecule has 0 saturated heterocycles. The molecule has 0 fully saturated rings. The fourth-order valence-electron chi connectivity index (χ4n) is 1.71. The Kier molecular flexibility index (Phi) is 3.96. The number of hydrogen-bond acceptors (Lipinski definition) is 4. The molecule has 20 heavy (non-hydrogen) atoms. The van der Waals surface area contributed by atoms with E-state index in [2.05, 4.69) is 0 Å². The highest BCUT2D eigenvalue weighted by Crippen LogP contribution is 2.14. The smallest absolute Gasteiger partial charge is 0.340 e. The summed E-state index contributed by atoms with van der Waals surface area (Å²) in [6.45, 7) is -0.125. The monoisotopic (exact) mass is 270 g/mol. The van der Waals surface area contributed by atoms with Gasteiger partial charge in [-0.15, -0.1) is 0 Å². The molecule has 0 bridgehead atoms. The predicted molar refractivity (Wildman–Crippen MR) is 71.1 cm³/mol. The molecule has 100 valence electrons. The third-order valence-corrected chi connectivity index (χ3v) is 2.64. The maximum absolute atomic E-state index is 13.2. The van der Waals surface area contributed by atoms with E-state index in [0.29, 0.717) is 11.3 Å². The summed E-state index contributed by atoms with van der Waals surface area (Å²) in [6, 6.07) is 12.1. The van der Waals surface area contributed by atoms with E-state index < -0.39 is 11.8 Å². The normalized spacial score (nSPS) is 9.80. The van der Waals surface area contributed by atoms with Gasteiger partial charge >= 0.3 is 5.97 Å². The molecule has 2 aromatic rings. The number of nitrogens with zero attached hydrogens (tertiary/aromatic N) is 1. The molecule has 0 heterocycles. The second kappa shape index (κ2) is 5.85. The number of nitrogen functional groups attached to an aromatic ring is 1. The third-order valence-electron chi connectivity index (χ3n) is 2.64. The minimum atomic E-state index is -0.592. The largest absolute Gasteiger partial charge is 0.457 e. The summed E-state index contributed by atoms with van der Waals surface area (Å²) in [6.07, 6.45) is 0. The Morgan fingerprint density at radius 3 is 2.75 bits per heavy atom. The molecule has 4 nitrogen and oxygen atoms in total. The van der Waals surface area contributed by atoms with Crippen LogP contribution in [0.15, 0.2) is 42.5 Å². The van der Waals surface area contributed by atoms with Gasteiger partial charge in [0, 0.05) is 5.69 Å². The summed E-state index contributed by atoms with van der Waals surface area (Å²) >= 11 is 0. The van der Waals surface area contributed by atoms with Crippen molar-refractivity contribution in [3.63, 3.8) is 0 Å². The van der Waals surface area contributed by atoms with Gasteiger partial charge in [0.05, 0.1) is 17.2 Å². The van der Waals surface area contributed by atoms with Crippen LogP contribution in [0.2, 0.25) is 0 Å². The second-order valence-corrected chi connectivity index (χ2v) is 4.12. The van der Waals surface area contributed by atoms with E-state index in [4.69, 9.17) is 15.7 Å². The number of carbonyl (C=O) groups is 1. The van der Waals surface area contributed by atoms with Crippen LogP contribution in [0.25, 0.3) is 0 Å². The van der Waals surface area contributed by atoms with Gasteiger partial charge in [-0.05, 0) is 35.9 Å². The molecular weight excluding hydrogens is 259 g/mol. The van der Waals surface area contributed by atoms with E-state index in [9.17, 15) is 9.18 Å². The zero-order valence-electron chi connectivity index (χ0n) is 10.5. The van der Waals surface area contributed by atoms with Crippen molar-refractivity contribution in [2.45, 2.75) is 6.61 Å². The maximum Gasteiger partial charge on any atom is 0.340 e. The highest BCUT2D eigenvalue weighted by Gasteiger charge is 2.11. The first-order valence-electron chi connectivity index (χ1n) is 5.81. The lowest BCUT2D eigenvalue weighted by Crippen LogP contribution is -2.08. The lowest BCUT2D eigenvalue weighted by Gasteiger charge is -2.07. The Hall–Kier alpha value is -2.87. The number of hydrogen-bond donors (Lipinski definition) is 1. The second-order valence-electron chi connectivity index (χ2n) is 4.12. The minimum Gasteiger partial charge on any atom is -0.457 e. The number of esters is 1. The van der Waals surface area contributed by atoms with Gasteiger partial charge in [-0.2, -0.15) is 5.26 Å². The number of nitrogens with two attached hydrogens (primary N) is 1. The molecular formula is C15H11FN2O2. The van der Waals surface area contributed by atoms with Crippen molar-refractivity contribution < 1.29 is 13.9 Å². The molecule has 0 aliphatic carbocycles. The summed E-state index contributed by atoms with van der Waals surface area (Å²) in [5, 5.41) is 8.74. The molecule has 0 unspecified atom stereocenters. The van der Waals surface area contributed by atoms with Gasteiger partial charge in [-0.1, -0.05) is 12.1 Å². The van der Waals surface area contributed by atoms with E-state index in [1.54, 1.807) is 24.3 Å². The first kappa shape index (κ1) is 13.6. The van der Waals surface area contributed by atoms with Crippen molar-refractivity contribution in [1.82, 2.24) is 0 Å². The number of para-hydroxylation sites is 1. The van der Waals surface area contributed by atoms with Gasteiger partial charge < -0.3 is 10.5 Å². The number of halogens is 1. The molecule has 2 aromatic carbocycles. The van der Waals surface area contributed by atoms with Crippen LogP contribution in [0, 0.1) is 17.1 Å². The van der Waals surface area contributed by atoms with Crippen molar-refractivity contribution in [2.75, 3.05) is 5.73 Å². The first-order valence-corrected chi connectivity index (χ1v) is 5.81. The molecule has 0 aliphatic heterocycles. The Bertz CT molecular complexity index is 693. The summed E-state index contributed by atoms with van der Waals surface area (Å²) in [5.41, 5.74) is 6.81. The van der Waals surface area contributed by atoms with Crippen LogP contribution >= 0.6 is 0 Å². The summed E-state index contributed by atoms with van der Waals surface area (Å²) in [7, 11) is 0. The van der Waals surface area contributed by atoms with E-state index in [1.165, 1.54) is 12.1 Å². The van der Waals surface area contributed by atoms with E-state index in [-0.39, 0.29) is 17.7 Å². The average Bonchev–Trinajstić information content (AvgIpc) is 2.44. The number of benzene rings is 2. The molecule has 5 heteroatoms. The molecule has 2 rings (SSSR count). The number of rotatable bonds is 3. The van der Waals surface area contributed by atoms with Crippen LogP contribution in [0.1, 0.15) is 21.5 Å². The molecule has 0 saturated carbocycles. The average molecular weight is 270 g/mol. The van der Waals surface area contributed by atoms with Gasteiger partial charge in [0.2, 0.25) is 0 Å². The standard InChI is InChI=1S/C15H11FN2O2/c16-12-6-10(8-17)5-11(7-12)9-20-15(19)13-3-1-2-4-14(13)18/h1-7H,9,18H2. The van der Waals surface area contributed by atoms with Crippen molar-refractivity contribution in [1.29, 1.82) is 5.26 Å². The topological polar surface area (TPSA) is 76.1 Å². The highest BCUT2D eigenvalue weighted by molar-refractivity contribution is 5.94. The van der Waals surface area contributed by atoms with Gasteiger partial charge in [-0.25, -0.2) is 9.18 Å². The molecule has 2 N–H and O–H groups in total. The van der Waals surface area contributed by atoms with E-state index >= 15 is 0 Å². The van der Waals surface area contributed by atoms with Crippen LogP contribution in [0.5, 0.6) is 0 Å².